The summed E-state index contributed by atoms with van der Waals surface area (Å²) in [5, 5.41) is 8.96. The van der Waals surface area contributed by atoms with Crippen LogP contribution in [0.4, 0.5) is 16.2 Å². The van der Waals surface area contributed by atoms with Crippen molar-refractivity contribution >= 4 is 17.4 Å². The number of carbonyl (C=O) groups excluding carboxylic acids is 1. The lowest BCUT2D eigenvalue weighted by Gasteiger charge is -2.18. The molecule has 1 aliphatic rings. The van der Waals surface area contributed by atoms with Gasteiger partial charge in [0.05, 0.1) is 12.8 Å². The molecule has 6 nitrogen and oxygen atoms in total. The van der Waals surface area contributed by atoms with E-state index >= 15 is 0 Å². The molecule has 0 bridgehead atoms. The van der Waals surface area contributed by atoms with Crippen molar-refractivity contribution in [1.82, 2.24) is 5.01 Å². The second-order valence-corrected chi connectivity index (χ2v) is 3.41. The van der Waals surface area contributed by atoms with Crippen LogP contribution in [0.2, 0.25) is 0 Å². The molecule has 0 radical (unpaired) electrons. The van der Waals surface area contributed by atoms with Gasteiger partial charge in [0.25, 0.3) is 0 Å². The van der Waals surface area contributed by atoms with Crippen LogP contribution in [0.1, 0.15) is 0 Å². The Hall–Kier alpha value is -2.11. The van der Waals surface area contributed by atoms with E-state index in [1.807, 2.05) is 0 Å². The zero-order valence-electron chi connectivity index (χ0n) is 9.34. The molecule has 1 aromatic rings. The molecule has 1 heterocycles. The average Bonchev–Trinajstić information content (AvgIpc) is 2.42. The van der Waals surface area contributed by atoms with Gasteiger partial charge in [-0.3, -0.25) is 4.90 Å². The van der Waals surface area contributed by atoms with Crippen molar-refractivity contribution in [2.24, 2.45) is 10.3 Å². The Morgan fingerprint density at radius 2 is 2.06 bits per heavy atom. The number of anilines is 1. The van der Waals surface area contributed by atoms with Gasteiger partial charge in [0.15, 0.2) is 0 Å². The van der Waals surface area contributed by atoms with Crippen LogP contribution in [0.3, 0.4) is 0 Å². The van der Waals surface area contributed by atoms with Gasteiger partial charge in [0.2, 0.25) is 0 Å². The van der Waals surface area contributed by atoms with Crippen LogP contribution in [0, 0.1) is 0 Å². The molecule has 1 aliphatic heterocycles. The number of fused-ring (bicyclic) bond motifs is 1. The smallest absolute Gasteiger partial charge is 0.345 e. The van der Waals surface area contributed by atoms with Crippen molar-refractivity contribution in [3.63, 3.8) is 0 Å². The van der Waals surface area contributed by atoms with E-state index in [1.54, 1.807) is 39.4 Å². The highest BCUT2D eigenvalue weighted by Crippen LogP contribution is 2.34. The molecule has 16 heavy (non-hydrogen) atoms. The number of urea groups is 1. The second kappa shape index (κ2) is 3.80. The van der Waals surface area contributed by atoms with Gasteiger partial charge in [0.1, 0.15) is 11.4 Å². The number of rotatable bonds is 1. The van der Waals surface area contributed by atoms with Gasteiger partial charge in [-0.25, -0.2) is 4.79 Å². The summed E-state index contributed by atoms with van der Waals surface area (Å²) < 4.78 is 5.09. The Balaban J connectivity index is 2.52. The molecular weight excluding hydrogens is 208 g/mol. The molecule has 1 aromatic carbocycles. The number of ether oxygens (including phenoxy) is 1. The highest BCUT2D eigenvalue weighted by Gasteiger charge is 2.21. The van der Waals surface area contributed by atoms with Gasteiger partial charge in [-0.05, 0) is 12.1 Å². The molecule has 0 unspecified atom stereocenters. The summed E-state index contributed by atoms with van der Waals surface area (Å²) >= 11 is 0. The predicted molar refractivity (Wildman–Crippen MR) is 59.1 cm³/mol. The number of amides is 2. The molecule has 0 aromatic heterocycles. The fourth-order valence-corrected chi connectivity index (χ4v) is 1.47. The maximum atomic E-state index is 11.7. The van der Waals surface area contributed by atoms with E-state index in [1.165, 1.54) is 9.91 Å². The van der Waals surface area contributed by atoms with Crippen molar-refractivity contribution in [2.75, 3.05) is 26.1 Å². The lowest BCUT2D eigenvalue weighted by atomic mass is 10.2. The highest BCUT2D eigenvalue weighted by molar-refractivity contribution is 5.94. The van der Waals surface area contributed by atoms with Gasteiger partial charge < -0.3 is 4.74 Å². The Kier molecular flexibility index (Phi) is 2.47. The first-order chi connectivity index (χ1) is 7.63. The van der Waals surface area contributed by atoms with Crippen molar-refractivity contribution in [2.45, 2.75) is 0 Å². The average molecular weight is 220 g/mol. The summed E-state index contributed by atoms with van der Waals surface area (Å²) in [6, 6.07) is 5.07. The zero-order valence-corrected chi connectivity index (χ0v) is 9.34. The summed E-state index contributed by atoms with van der Waals surface area (Å²) in [5.41, 5.74) is 1.32. The number of hydrogen-bond donors (Lipinski definition) is 0. The van der Waals surface area contributed by atoms with Crippen LogP contribution >= 0.6 is 0 Å². The van der Waals surface area contributed by atoms with E-state index in [0.29, 0.717) is 17.1 Å². The number of benzene rings is 1. The predicted octanol–water partition coefficient (Wildman–Crippen LogP) is 2.20. The monoisotopic (exact) mass is 220 g/mol. The van der Waals surface area contributed by atoms with E-state index in [-0.39, 0.29) is 6.03 Å². The minimum atomic E-state index is -0.229. The molecule has 0 fully saturated rings. The Labute approximate surface area is 93.1 Å². The second-order valence-electron chi connectivity index (χ2n) is 3.41. The number of methoxy groups -OCH3 is 1. The molecule has 84 valence electrons. The highest BCUT2D eigenvalue weighted by atomic mass is 16.5. The number of nitrogens with zero attached hydrogens (tertiary/aromatic N) is 4. The minimum Gasteiger partial charge on any atom is -0.497 e. The van der Waals surface area contributed by atoms with Crippen LogP contribution in [-0.2, 0) is 0 Å². The van der Waals surface area contributed by atoms with Gasteiger partial charge in [-0.1, -0.05) is 5.22 Å². The molecule has 2 amide bonds. The van der Waals surface area contributed by atoms with Crippen molar-refractivity contribution in [3.05, 3.63) is 18.2 Å². The first-order valence-electron chi connectivity index (χ1n) is 4.74. The molecule has 0 aliphatic carbocycles. The molecule has 0 atom stereocenters. The lowest BCUT2D eigenvalue weighted by molar-refractivity contribution is 0.216. The van der Waals surface area contributed by atoms with Gasteiger partial charge >= 0.3 is 6.03 Å². The van der Waals surface area contributed by atoms with Crippen molar-refractivity contribution in [1.29, 1.82) is 0 Å². The summed E-state index contributed by atoms with van der Waals surface area (Å²) in [6.45, 7) is 0. The summed E-state index contributed by atoms with van der Waals surface area (Å²) in [4.78, 5) is 13.2. The van der Waals surface area contributed by atoms with E-state index < -0.39 is 0 Å². The molecule has 0 saturated heterocycles. The third kappa shape index (κ3) is 1.58. The molecule has 6 heteroatoms. The maximum absolute atomic E-state index is 11.7. The van der Waals surface area contributed by atoms with Crippen molar-refractivity contribution < 1.29 is 9.53 Å². The Morgan fingerprint density at radius 1 is 1.31 bits per heavy atom. The summed E-state index contributed by atoms with van der Waals surface area (Å²) in [6.07, 6.45) is 0. The van der Waals surface area contributed by atoms with E-state index in [2.05, 4.69) is 10.3 Å². The fourth-order valence-electron chi connectivity index (χ4n) is 1.47. The van der Waals surface area contributed by atoms with Crippen LogP contribution in [0.15, 0.2) is 28.5 Å². The van der Waals surface area contributed by atoms with Gasteiger partial charge in [-0.2, -0.15) is 5.01 Å². The quantitative estimate of drug-likeness (QED) is 0.728. The molecule has 0 N–H and O–H groups in total. The molecule has 0 spiro atoms. The lowest BCUT2D eigenvalue weighted by Crippen LogP contribution is -2.34. The van der Waals surface area contributed by atoms with E-state index in [0.717, 1.165) is 0 Å². The standard InChI is InChI=1S/C10H12N4O2/c1-13-9-5-4-7(16-3)6-8(9)11-12-14(2)10(13)15/h4-6H,1-3H3. The third-order valence-corrected chi connectivity index (χ3v) is 2.39. The first kappa shape index (κ1) is 10.4. The molecule has 2 rings (SSSR count). The van der Waals surface area contributed by atoms with Crippen LogP contribution in [-0.4, -0.2) is 32.2 Å². The minimum absolute atomic E-state index is 0.229. The summed E-state index contributed by atoms with van der Waals surface area (Å²) in [5.74, 6) is 0.683. The van der Waals surface area contributed by atoms with Crippen LogP contribution < -0.4 is 9.64 Å². The van der Waals surface area contributed by atoms with E-state index in [9.17, 15) is 4.79 Å². The van der Waals surface area contributed by atoms with Gasteiger partial charge in [0, 0.05) is 20.2 Å². The summed E-state index contributed by atoms with van der Waals surface area (Å²) in [7, 11) is 4.82. The fraction of sp³-hybridized carbons (Fsp3) is 0.300. The normalized spacial score (nSPS) is 14.8. The number of hydrogen-bond acceptors (Lipinski definition) is 4. The van der Waals surface area contributed by atoms with E-state index in [4.69, 9.17) is 4.74 Å². The maximum Gasteiger partial charge on any atom is 0.345 e. The molecular formula is C10H12N4O2. The van der Waals surface area contributed by atoms with Crippen molar-refractivity contribution in [3.8, 4) is 5.75 Å². The third-order valence-electron chi connectivity index (χ3n) is 2.39. The largest absolute Gasteiger partial charge is 0.497 e. The zero-order chi connectivity index (χ0) is 11.7. The van der Waals surface area contributed by atoms with Gasteiger partial charge in [-0.15, -0.1) is 5.11 Å². The topological polar surface area (TPSA) is 57.5 Å². The Bertz CT molecular complexity index is 458. The number of carbonyl (C=O) groups is 1. The van der Waals surface area contributed by atoms with Crippen LogP contribution in [0.5, 0.6) is 5.75 Å². The Morgan fingerprint density at radius 3 is 2.75 bits per heavy atom. The first-order valence-corrected chi connectivity index (χ1v) is 4.74. The molecule has 0 saturated carbocycles. The SMILES string of the molecule is COc1ccc2c(c1)N=NN(C)C(=O)N2C. The van der Waals surface area contributed by atoms with Crippen LogP contribution in [0.25, 0.3) is 0 Å².